The number of carboxylic acids is 1. The van der Waals surface area contributed by atoms with Gasteiger partial charge in [-0.3, -0.25) is 9.59 Å². The van der Waals surface area contributed by atoms with Crippen LogP contribution in [-0.2, 0) is 22.7 Å². The number of rotatable bonds is 6. The lowest BCUT2D eigenvalue weighted by molar-refractivity contribution is -0.137. The molecule has 1 aliphatic rings. The molecule has 0 aliphatic carbocycles. The smallest absolute Gasteiger partial charge is 0.303 e. The van der Waals surface area contributed by atoms with E-state index in [0.29, 0.717) is 38.0 Å². The maximum absolute atomic E-state index is 11.9. The predicted molar refractivity (Wildman–Crippen MR) is 65.4 cm³/mol. The third kappa shape index (κ3) is 3.17. The molecule has 96 valence electrons. The Hall–Kier alpha value is -1.68. The van der Waals surface area contributed by atoms with E-state index in [-0.39, 0.29) is 12.2 Å². The van der Waals surface area contributed by atoms with Gasteiger partial charge in [0.2, 0.25) is 0 Å². The number of ketones is 1. The van der Waals surface area contributed by atoms with Crippen LogP contribution in [0.4, 0.5) is 0 Å². The summed E-state index contributed by atoms with van der Waals surface area (Å²) in [7, 11) is 0. The highest BCUT2D eigenvalue weighted by molar-refractivity contribution is 5.96. The van der Waals surface area contributed by atoms with Crippen LogP contribution in [0.25, 0.3) is 0 Å². The number of hydrogen-bond donors (Lipinski definition) is 1. The van der Waals surface area contributed by atoms with Crippen LogP contribution in [-0.4, -0.2) is 16.9 Å². The second kappa shape index (κ2) is 5.78. The molecule has 2 rings (SSSR count). The SMILES string of the molecule is O=C(O)CCCCC(=O)c1ccc2c(c1)COC2. The van der Waals surface area contributed by atoms with Gasteiger partial charge in [-0.1, -0.05) is 12.1 Å². The average molecular weight is 248 g/mol. The van der Waals surface area contributed by atoms with Crippen LogP contribution in [0.15, 0.2) is 18.2 Å². The Morgan fingerprint density at radius 3 is 2.61 bits per heavy atom. The van der Waals surface area contributed by atoms with Crippen LogP contribution in [0.3, 0.4) is 0 Å². The van der Waals surface area contributed by atoms with Crippen molar-refractivity contribution in [3.05, 3.63) is 34.9 Å². The number of carboxylic acid groups (broad SMARTS) is 1. The lowest BCUT2D eigenvalue weighted by Gasteiger charge is -2.03. The van der Waals surface area contributed by atoms with Crippen LogP contribution in [0, 0.1) is 0 Å². The van der Waals surface area contributed by atoms with Gasteiger partial charge in [0, 0.05) is 18.4 Å². The summed E-state index contributed by atoms with van der Waals surface area (Å²) in [5.41, 5.74) is 2.94. The standard InChI is InChI=1S/C14H16O4/c15-13(3-1-2-4-14(16)17)10-5-6-11-8-18-9-12(11)7-10/h5-7H,1-4,8-9H2,(H,16,17). The van der Waals surface area contributed by atoms with Gasteiger partial charge in [0.15, 0.2) is 5.78 Å². The van der Waals surface area contributed by atoms with Gasteiger partial charge < -0.3 is 9.84 Å². The molecule has 0 spiro atoms. The Balaban J connectivity index is 1.87. The van der Waals surface area contributed by atoms with Crippen molar-refractivity contribution >= 4 is 11.8 Å². The number of aliphatic carboxylic acids is 1. The molecular formula is C14H16O4. The van der Waals surface area contributed by atoms with Crippen molar-refractivity contribution in [1.29, 1.82) is 0 Å². The molecule has 0 amide bonds. The molecule has 0 bridgehead atoms. The summed E-state index contributed by atoms with van der Waals surface area (Å²) in [6, 6.07) is 5.65. The molecule has 1 aromatic rings. The molecule has 0 radical (unpaired) electrons. The zero-order chi connectivity index (χ0) is 13.0. The Kier molecular flexibility index (Phi) is 4.10. The largest absolute Gasteiger partial charge is 0.481 e. The minimum absolute atomic E-state index is 0.0788. The molecule has 0 saturated heterocycles. The van der Waals surface area contributed by atoms with E-state index in [1.807, 2.05) is 18.2 Å². The van der Waals surface area contributed by atoms with Crippen molar-refractivity contribution in [3.63, 3.8) is 0 Å². The third-order valence-corrected chi connectivity index (χ3v) is 3.09. The average Bonchev–Trinajstić information content (AvgIpc) is 2.81. The summed E-state index contributed by atoms with van der Waals surface area (Å²) in [5, 5.41) is 8.50. The highest BCUT2D eigenvalue weighted by atomic mass is 16.5. The van der Waals surface area contributed by atoms with Crippen LogP contribution in [0.1, 0.15) is 47.2 Å². The van der Waals surface area contributed by atoms with Gasteiger partial charge in [-0.15, -0.1) is 0 Å². The number of carbonyl (C=O) groups excluding carboxylic acids is 1. The fourth-order valence-corrected chi connectivity index (χ4v) is 2.05. The van der Waals surface area contributed by atoms with E-state index in [1.165, 1.54) is 0 Å². The van der Waals surface area contributed by atoms with Crippen LogP contribution in [0.2, 0.25) is 0 Å². The highest BCUT2D eigenvalue weighted by Crippen LogP contribution is 2.21. The number of benzene rings is 1. The molecule has 1 aliphatic heterocycles. The predicted octanol–water partition coefficient (Wildman–Crippen LogP) is 2.54. The maximum atomic E-state index is 11.9. The molecule has 4 heteroatoms. The summed E-state index contributed by atoms with van der Waals surface area (Å²) < 4.78 is 5.30. The topological polar surface area (TPSA) is 63.6 Å². The van der Waals surface area contributed by atoms with E-state index in [1.54, 1.807) is 0 Å². The van der Waals surface area contributed by atoms with Crippen LogP contribution in [0.5, 0.6) is 0 Å². The fraction of sp³-hybridized carbons (Fsp3) is 0.429. The molecule has 18 heavy (non-hydrogen) atoms. The van der Waals surface area contributed by atoms with Crippen molar-refractivity contribution in [2.24, 2.45) is 0 Å². The normalized spacial score (nSPS) is 13.3. The Morgan fingerprint density at radius 1 is 1.11 bits per heavy atom. The van der Waals surface area contributed by atoms with Gasteiger partial charge in [-0.25, -0.2) is 0 Å². The molecule has 0 aromatic heterocycles. The Bertz CT molecular complexity index is 465. The first-order valence-corrected chi connectivity index (χ1v) is 6.11. The quantitative estimate of drug-likeness (QED) is 0.620. The third-order valence-electron chi connectivity index (χ3n) is 3.09. The number of Topliss-reactive ketones (excluding diaryl/α,β-unsaturated/α-hetero) is 1. The monoisotopic (exact) mass is 248 g/mol. The lowest BCUT2D eigenvalue weighted by atomic mass is 10.0. The second-order valence-corrected chi connectivity index (χ2v) is 4.50. The van der Waals surface area contributed by atoms with Gasteiger partial charge in [-0.2, -0.15) is 0 Å². The molecule has 0 atom stereocenters. The molecule has 0 saturated carbocycles. The zero-order valence-electron chi connectivity index (χ0n) is 10.1. The molecular weight excluding hydrogens is 232 g/mol. The van der Waals surface area contributed by atoms with Crippen molar-refractivity contribution in [2.75, 3.05) is 0 Å². The van der Waals surface area contributed by atoms with Gasteiger partial charge in [-0.05, 0) is 30.0 Å². The van der Waals surface area contributed by atoms with E-state index in [2.05, 4.69) is 0 Å². The summed E-state index contributed by atoms with van der Waals surface area (Å²) >= 11 is 0. The Morgan fingerprint density at radius 2 is 1.83 bits per heavy atom. The summed E-state index contributed by atoms with van der Waals surface area (Å²) in [5.74, 6) is -0.729. The molecule has 1 heterocycles. The van der Waals surface area contributed by atoms with Crippen LogP contribution >= 0.6 is 0 Å². The summed E-state index contributed by atoms with van der Waals surface area (Å²) in [6.07, 6.45) is 1.71. The number of unbranched alkanes of at least 4 members (excludes halogenated alkanes) is 1. The van der Waals surface area contributed by atoms with Crippen molar-refractivity contribution in [1.82, 2.24) is 0 Å². The van der Waals surface area contributed by atoms with E-state index in [9.17, 15) is 9.59 Å². The molecule has 1 N–H and O–H groups in total. The Labute approximate surface area is 106 Å². The van der Waals surface area contributed by atoms with E-state index in [4.69, 9.17) is 9.84 Å². The van der Waals surface area contributed by atoms with E-state index >= 15 is 0 Å². The minimum atomic E-state index is -0.808. The second-order valence-electron chi connectivity index (χ2n) is 4.50. The number of ether oxygens (including phenoxy) is 1. The first-order valence-electron chi connectivity index (χ1n) is 6.11. The maximum Gasteiger partial charge on any atom is 0.303 e. The van der Waals surface area contributed by atoms with Crippen molar-refractivity contribution < 1.29 is 19.4 Å². The fourth-order valence-electron chi connectivity index (χ4n) is 2.05. The van der Waals surface area contributed by atoms with Crippen molar-refractivity contribution in [3.8, 4) is 0 Å². The summed E-state index contributed by atoms with van der Waals surface area (Å²) in [6.45, 7) is 1.21. The van der Waals surface area contributed by atoms with Gasteiger partial charge in [0.1, 0.15) is 0 Å². The number of hydrogen-bond acceptors (Lipinski definition) is 3. The first kappa shape index (κ1) is 12.8. The van der Waals surface area contributed by atoms with Gasteiger partial charge >= 0.3 is 5.97 Å². The summed E-state index contributed by atoms with van der Waals surface area (Å²) in [4.78, 5) is 22.2. The molecule has 0 unspecified atom stereocenters. The number of carbonyl (C=O) groups is 2. The van der Waals surface area contributed by atoms with E-state index in [0.717, 1.165) is 11.1 Å². The van der Waals surface area contributed by atoms with Crippen LogP contribution < -0.4 is 0 Å². The van der Waals surface area contributed by atoms with Gasteiger partial charge in [0.05, 0.1) is 13.2 Å². The lowest BCUT2D eigenvalue weighted by Crippen LogP contribution is -2.01. The van der Waals surface area contributed by atoms with E-state index < -0.39 is 5.97 Å². The highest BCUT2D eigenvalue weighted by Gasteiger charge is 2.14. The van der Waals surface area contributed by atoms with Gasteiger partial charge in [0.25, 0.3) is 0 Å². The minimum Gasteiger partial charge on any atom is -0.481 e. The first-order chi connectivity index (χ1) is 8.66. The molecule has 0 fully saturated rings. The molecule has 1 aromatic carbocycles. The van der Waals surface area contributed by atoms with Crippen molar-refractivity contribution in [2.45, 2.75) is 38.9 Å². The zero-order valence-corrected chi connectivity index (χ0v) is 10.1. The molecule has 4 nitrogen and oxygen atoms in total. The number of fused-ring (bicyclic) bond motifs is 1.